The molecule has 0 unspecified atom stereocenters. The van der Waals surface area contributed by atoms with Crippen molar-refractivity contribution >= 4 is 27.5 Å². The average Bonchev–Trinajstić information content (AvgIpc) is 2.14. The van der Waals surface area contributed by atoms with Gasteiger partial charge in [-0.05, 0) is 40.5 Å². The van der Waals surface area contributed by atoms with Gasteiger partial charge in [0.25, 0.3) is 0 Å². The molecule has 0 heterocycles. The molecule has 0 saturated carbocycles. The van der Waals surface area contributed by atoms with Gasteiger partial charge in [-0.2, -0.15) is 0 Å². The second kappa shape index (κ2) is 5.75. The molecular weight excluding hydrogens is 296 g/mol. The number of rotatable bonds is 3. The van der Waals surface area contributed by atoms with Crippen LogP contribution in [0.15, 0.2) is 16.6 Å². The fraction of sp³-hybridized carbons (Fsp3) is 0.600. The topological polar surface area (TPSA) is 0 Å². The van der Waals surface area contributed by atoms with Crippen molar-refractivity contribution in [2.24, 2.45) is 5.92 Å². The normalized spacial score (nSPS) is 12.2. The molecule has 0 spiro atoms. The molecule has 1 aromatic carbocycles. The highest BCUT2D eigenvalue weighted by molar-refractivity contribution is 9.10. The van der Waals surface area contributed by atoms with Crippen LogP contribution < -0.4 is 0 Å². The van der Waals surface area contributed by atoms with Gasteiger partial charge in [0.05, 0.1) is 0 Å². The Kier molecular flexibility index (Phi) is 5.09. The maximum absolute atomic E-state index is 6.07. The number of alkyl halides is 1. The summed E-state index contributed by atoms with van der Waals surface area (Å²) in [5.74, 6) is 1.25. The highest BCUT2D eigenvalue weighted by atomic mass is 79.9. The van der Waals surface area contributed by atoms with E-state index in [1.165, 1.54) is 21.2 Å². The highest BCUT2D eigenvalue weighted by Crippen LogP contribution is 2.33. The first-order valence-corrected chi connectivity index (χ1v) is 7.46. The Balaban J connectivity index is 3.25. The van der Waals surface area contributed by atoms with Crippen LogP contribution in [0.3, 0.4) is 0 Å². The van der Waals surface area contributed by atoms with E-state index in [2.05, 4.69) is 62.7 Å². The second-order valence-corrected chi connectivity index (χ2v) is 7.20. The molecule has 1 rings (SSSR count). The Bertz CT molecular complexity index is 389. The zero-order valence-corrected chi connectivity index (χ0v) is 13.7. The predicted octanol–water partition coefficient (Wildman–Crippen LogP) is 5.68. The Morgan fingerprint density at radius 1 is 1.18 bits per heavy atom. The second-order valence-electron chi connectivity index (χ2n) is 6.08. The van der Waals surface area contributed by atoms with Gasteiger partial charge in [0.1, 0.15) is 0 Å². The van der Waals surface area contributed by atoms with E-state index in [1.807, 2.05) is 0 Å². The Labute approximate surface area is 119 Å². The van der Waals surface area contributed by atoms with Gasteiger partial charge >= 0.3 is 0 Å². The van der Waals surface area contributed by atoms with Crippen LogP contribution in [-0.4, -0.2) is 0 Å². The van der Waals surface area contributed by atoms with Crippen molar-refractivity contribution in [2.75, 3.05) is 0 Å². The summed E-state index contributed by atoms with van der Waals surface area (Å²) >= 11 is 9.77. The lowest BCUT2D eigenvalue weighted by Crippen LogP contribution is -2.13. The molecular formula is C15H22BrCl. The standard InChI is InChI=1S/C15H22BrCl/c1-10(2)6-11-8-14(16)13(15(3,4)5)7-12(11)9-17/h7-8,10H,6,9H2,1-5H3. The Morgan fingerprint density at radius 2 is 1.76 bits per heavy atom. The number of halogens is 2. The van der Waals surface area contributed by atoms with Gasteiger partial charge in [-0.15, -0.1) is 11.6 Å². The van der Waals surface area contributed by atoms with Crippen LogP contribution in [0.5, 0.6) is 0 Å². The molecule has 0 aliphatic rings. The zero-order valence-electron chi connectivity index (χ0n) is 11.4. The minimum Gasteiger partial charge on any atom is -0.122 e. The lowest BCUT2D eigenvalue weighted by molar-refractivity contribution is 0.584. The first kappa shape index (κ1) is 15.0. The van der Waals surface area contributed by atoms with Crippen molar-refractivity contribution in [3.05, 3.63) is 33.3 Å². The zero-order chi connectivity index (χ0) is 13.2. The largest absolute Gasteiger partial charge is 0.122 e. The monoisotopic (exact) mass is 316 g/mol. The molecule has 0 radical (unpaired) electrons. The first-order valence-electron chi connectivity index (χ1n) is 6.13. The van der Waals surface area contributed by atoms with Crippen LogP contribution >= 0.6 is 27.5 Å². The van der Waals surface area contributed by atoms with Crippen molar-refractivity contribution in [3.8, 4) is 0 Å². The van der Waals surface area contributed by atoms with Gasteiger partial charge in [0.15, 0.2) is 0 Å². The summed E-state index contributed by atoms with van der Waals surface area (Å²) in [6.45, 7) is 11.2. The van der Waals surface area contributed by atoms with Gasteiger partial charge < -0.3 is 0 Å². The molecule has 0 aliphatic carbocycles. The van der Waals surface area contributed by atoms with Gasteiger partial charge in [0.2, 0.25) is 0 Å². The van der Waals surface area contributed by atoms with E-state index < -0.39 is 0 Å². The fourth-order valence-corrected chi connectivity index (χ4v) is 3.22. The quantitative estimate of drug-likeness (QED) is 0.629. The summed E-state index contributed by atoms with van der Waals surface area (Å²) in [7, 11) is 0. The molecule has 0 aliphatic heterocycles. The van der Waals surface area contributed by atoms with Gasteiger partial charge in [-0.1, -0.05) is 56.6 Å². The van der Waals surface area contributed by atoms with E-state index in [1.54, 1.807) is 0 Å². The average molecular weight is 318 g/mol. The summed E-state index contributed by atoms with van der Waals surface area (Å²) in [6.07, 6.45) is 1.09. The Morgan fingerprint density at radius 3 is 2.18 bits per heavy atom. The van der Waals surface area contributed by atoms with Crippen LogP contribution in [0.2, 0.25) is 0 Å². The molecule has 0 nitrogen and oxygen atoms in total. The van der Waals surface area contributed by atoms with Crippen molar-refractivity contribution in [1.82, 2.24) is 0 Å². The molecule has 0 amide bonds. The molecule has 0 bridgehead atoms. The van der Waals surface area contributed by atoms with E-state index in [9.17, 15) is 0 Å². The summed E-state index contributed by atoms with van der Waals surface area (Å²) < 4.78 is 1.20. The maximum atomic E-state index is 6.07. The van der Waals surface area contributed by atoms with Crippen LogP contribution in [0.1, 0.15) is 51.3 Å². The summed E-state index contributed by atoms with van der Waals surface area (Å²) in [5.41, 5.74) is 4.12. The van der Waals surface area contributed by atoms with E-state index in [4.69, 9.17) is 11.6 Å². The number of benzene rings is 1. The maximum Gasteiger partial charge on any atom is 0.0476 e. The van der Waals surface area contributed by atoms with E-state index in [-0.39, 0.29) is 5.41 Å². The third-order valence-electron chi connectivity index (χ3n) is 2.87. The van der Waals surface area contributed by atoms with Crippen LogP contribution in [0.4, 0.5) is 0 Å². The third-order valence-corrected chi connectivity index (χ3v) is 3.81. The number of hydrogen-bond acceptors (Lipinski definition) is 0. The van der Waals surface area contributed by atoms with Crippen molar-refractivity contribution in [1.29, 1.82) is 0 Å². The molecule has 0 N–H and O–H groups in total. The SMILES string of the molecule is CC(C)Cc1cc(Br)c(C(C)(C)C)cc1CCl. The molecule has 0 aromatic heterocycles. The fourth-order valence-electron chi connectivity index (χ4n) is 1.99. The van der Waals surface area contributed by atoms with Crippen molar-refractivity contribution in [2.45, 2.75) is 52.3 Å². The molecule has 17 heavy (non-hydrogen) atoms. The first-order chi connectivity index (χ1) is 7.75. The summed E-state index contributed by atoms with van der Waals surface area (Å²) in [6, 6.07) is 4.51. The molecule has 96 valence electrons. The lowest BCUT2D eigenvalue weighted by atomic mass is 9.84. The van der Waals surface area contributed by atoms with Gasteiger partial charge in [-0.25, -0.2) is 0 Å². The van der Waals surface area contributed by atoms with Crippen molar-refractivity contribution in [3.63, 3.8) is 0 Å². The third kappa shape index (κ3) is 3.99. The van der Waals surface area contributed by atoms with E-state index in [0.717, 1.165) is 6.42 Å². The number of hydrogen-bond donors (Lipinski definition) is 0. The molecule has 2 heteroatoms. The van der Waals surface area contributed by atoms with Crippen LogP contribution in [-0.2, 0) is 17.7 Å². The molecule has 1 aromatic rings. The van der Waals surface area contributed by atoms with Crippen LogP contribution in [0, 0.1) is 5.92 Å². The van der Waals surface area contributed by atoms with E-state index >= 15 is 0 Å². The molecule has 0 saturated heterocycles. The predicted molar refractivity (Wildman–Crippen MR) is 80.9 cm³/mol. The highest BCUT2D eigenvalue weighted by Gasteiger charge is 2.19. The minimum atomic E-state index is 0.149. The van der Waals surface area contributed by atoms with E-state index in [0.29, 0.717) is 11.8 Å². The minimum absolute atomic E-state index is 0.149. The lowest BCUT2D eigenvalue weighted by Gasteiger charge is -2.23. The summed E-state index contributed by atoms with van der Waals surface area (Å²) in [4.78, 5) is 0. The van der Waals surface area contributed by atoms with Gasteiger partial charge in [-0.3, -0.25) is 0 Å². The van der Waals surface area contributed by atoms with Gasteiger partial charge in [0, 0.05) is 10.4 Å². The van der Waals surface area contributed by atoms with Crippen LogP contribution in [0.25, 0.3) is 0 Å². The summed E-state index contributed by atoms with van der Waals surface area (Å²) in [5, 5.41) is 0. The smallest absolute Gasteiger partial charge is 0.0476 e. The Hall–Kier alpha value is -0.0100. The van der Waals surface area contributed by atoms with Crippen molar-refractivity contribution < 1.29 is 0 Å². The molecule has 0 atom stereocenters. The molecule has 0 fully saturated rings.